The van der Waals surface area contributed by atoms with E-state index < -0.39 is 17.2 Å². The number of hydrogen-bond acceptors (Lipinski definition) is 3. The Kier molecular flexibility index (Phi) is 7.06. The number of rotatable bonds is 8. The van der Waals surface area contributed by atoms with Crippen LogP contribution in [0.4, 0.5) is 9.18 Å². The number of nitrogens with one attached hydrogen (secondary N) is 2. The third-order valence-electron chi connectivity index (χ3n) is 5.06. The standard InChI is InChI=1S/C19H27ClFN3O3/c1-4-24(10-17(25)26)14-8-13(9-14)23-18(27)22-11-19(2,3)15-6-5-12(21)7-16(15)20/h5-7,13-14H,4,8-11H2,1-3H3,(H,25,26)(H2,22,23,27). The minimum absolute atomic E-state index is 0.0205. The minimum atomic E-state index is -0.840. The number of amides is 2. The lowest BCUT2D eigenvalue weighted by Gasteiger charge is -2.42. The van der Waals surface area contributed by atoms with Crippen LogP contribution in [0.15, 0.2) is 18.2 Å². The number of carbonyl (C=O) groups excluding carboxylic acids is 1. The van der Waals surface area contributed by atoms with Crippen molar-refractivity contribution in [1.29, 1.82) is 0 Å². The normalized spacial score (nSPS) is 19.5. The molecule has 3 N–H and O–H groups in total. The number of aliphatic carboxylic acids is 1. The number of carboxylic acid groups (broad SMARTS) is 1. The van der Waals surface area contributed by atoms with Crippen LogP contribution in [-0.4, -0.2) is 53.7 Å². The van der Waals surface area contributed by atoms with Gasteiger partial charge in [-0.3, -0.25) is 9.69 Å². The fourth-order valence-corrected chi connectivity index (χ4v) is 3.77. The second-order valence-electron chi connectivity index (χ2n) is 7.61. The molecule has 1 saturated carbocycles. The third kappa shape index (κ3) is 5.81. The number of likely N-dealkylation sites (N-methyl/N-ethyl adjacent to an activating group) is 1. The van der Waals surface area contributed by atoms with E-state index in [9.17, 15) is 14.0 Å². The van der Waals surface area contributed by atoms with Gasteiger partial charge in [-0.1, -0.05) is 38.4 Å². The molecule has 1 aromatic rings. The van der Waals surface area contributed by atoms with E-state index in [1.165, 1.54) is 12.1 Å². The van der Waals surface area contributed by atoms with Gasteiger partial charge in [0.15, 0.2) is 0 Å². The van der Waals surface area contributed by atoms with Gasteiger partial charge in [0.25, 0.3) is 0 Å². The minimum Gasteiger partial charge on any atom is -0.480 e. The highest BCUT2D eigenvalue weighted by atomic mass is 35.5. The second-order valence-corrected chi connectivity index (χ2v) is 8.02. The number of benzene rings is 1. The van der Waals surface area contributed by atoms with Gasteiger partial charge in [-0.25, -0.2) is 9.18 Å². The van der Waals surface area contributed by atoms with Gasteiger partial charge in [-0.05, 0) is 37.1 Å². The van der Waals surface area contributed by atoms with Crippen molar-refractivity contribution in [2.45, 2.75) is 51.1 Å². The smallest absolute Gasteiger partial charge is 0.317 e. The van der Waals surface area contributed by atoms with Crippen LogP contribution in [-0.2, 0) is 10.2 Å². The maximum absolute atomic E-state index is 13.2. The fourth-order valence-electron chi connectivity index (χ4n) is 3.35. The first kappa shape index (κ1) is 21.4. The van der Waals surface area contributed by atoms with E-state index in [1.54, 1.807) is 6.07 Å². The summed E-state index contributed by atoms with van der Waals surface area (Å²) in [5, 5.41) is 15.0. The molecule has 1 aliphatic carbocycles. The first-order valence-corrected chi connectivity index (χ1v) is 9.46. The third-order valence-corrected chi connectivity index (χ3v) is 5.37. The number of nitrogens with zero attached hydrogens (tertiary/aromatic N) is 1. The van der Waals surface area contributed by atoms with Gasteiger partial charge in [-0.2, -0.15) is 0 Å². The SMILES string of the molecule is CCN(CC(=O)O)C1CC(NC(=O)NCC(C)(C)c2ccc(F)cc2Cl)C1. The Morgan fingerprint density at radius 3 is 2.59 bits per heavy atom. The molecule has 8 heteroatoms. The van der Waals surface area contributed by atoms with E-state index in [4.69, 9.17) is 16.7 Å². The average molecular weight is 400 g/mol. The highest BCUT2D eigenvalue weighted by Gasteiger charge is 2.35. The van der Waals surface area contributed by atoms with Crippen LogP contribution < -0.4 is 10.6 Å². The van der Waals surface area contributed by atoms with Crippen LogP contribution in [0.25, 0.3) is 0 Å². The van der Waals surface area contributed by atoms with Crippen molar-refractivity contribution in [2.75, 3.05) is 19.6 Å². The molecule has 0 bridgehead atoms. The predicted molar refractivity (Wildman–Crippen MR) is 103 cm³/mol. The summed E-state index contributed by atoms with van der Waals surface area (Å²) in [5.41, 5.74) is 0.312. The molecule has 0 spiro atoms. The van der Waals surface area contributed by atoms with E-state index in [-0.39, 0.29) is 24.7 Å². The monoisotopic (exact) mass is 399 g/mol. The second kappa shape index (κ2) is 8.89. The Balaban J connectivity index is 1.79. The van der Waals surface area contributed by atoms with Crippen LogP contribution in [0, 0.1) is 5.82 Å². The molecule has 2 amide bonds. The largest absolute Gasteiger partial charge is 0.480 e. The fraction of sp³-hybridized carbons (Fsp3) is 0.579. The molecule has 0 atom stereocenters. The van der Waals surface area contributed by atoms with Crippen molar-refractivity contribution in [3.63, 3.8) is 0 Å². The molecule has 0 unspecified atom stereocenters. The molecular formula is C19H27ClFN3O3. The number of carboxylic acids is 1. The summed E-state index contributed by atoms with van der Waals surface area (Å²) < 4.78 is 13.2. The molecule has 6 nitrogen and oxygen atoms in total. The zero-order chi connectivity index (χ0) is 20.2. The summed E-state index contributed by atoms with van der Waals surface area (Å²) in [6.45, 7) is 6.82. The van der Waals surface area contributed by atoms with Crippen molar-refractivity contribution in [1.82, 2.24) is 15.5 Å². The Morgan fingerprint density at radius 2 is 2.04 bits per heavy atom. The molecule has 0 radical (unpaired) electrons. The summed E-state index contributed by atoms with van der Waals surface area (Å²) in [6, 6.07) is 4.21. The Hall–Kier alpha value is -1.86. The molecular weight excluding hydrogens is 373 g/mol. The van der Waals surface area contributed by atoms with E-state index in [0.29, 0.717) is 18.1 Å². The zero-order valence-corrected chi connectivity index (χ0v) is 16.6. The number of hydrogen-bond donors (Lipinski definition) is 3. The molecule has 27 heavy (non-hydrogen) atoms. The lowest BCUT2D eigenvalue weighted by atomic mass is 9.84. The Morgan fingerprint density at radius 1 is 1.37 bits per heavy atom. The highest BCUT2D eigenvalue weighted by Crippen LogP contribution is 2.30. The van der Waals surface area contributed by atoms with Crippen molar-refractivity contribution >= 4 is 23.6 Å². The maximum Gasteiger partial charge on any atom is 0.317 e. The molecule has 0 aliphatic heterocycles. The summed E-state index contributed by atoms with van der Waals surface area (Å²) >= 11 is 6.13. The van der Waals surface area contributed by atoms with E-state index >= 15 is 0 Å². The van der Waals surface area contributed by atoms with Crippen molar-refractivity contribution < 1.29 is 19.1 Å². The summed E-state index contributed by atoms with van der Waals surface area (Å²) in [4.78, 5) is 24.9. The van der Waals surface area contributed by atoms with Crippen LogP contribution >= 0.6 is 11.6 Å². The van der Waals surface area contributed by atoms with Gasteiger partial charge in [0.05, 0.1) is 6.54 Å². The van der Waals surface area contributed by atoms with E-state index in [0.717, 1.165) is 18.4 Å². The van der Waals surface area contributed by atoms with E-state index in [1.807, 2.05) is 25.7 Å². The molecule has 0 heterocycles. The van der Waals surface area contributed by atoms with Crippen molar-refractivity contribution in [3.05, 3.63) is 34.6 Å². The lowest BCUT2D eigenvalue weighted by molar-refractivity contribution is -0.139. The molecule has 0 aromatic heterocycles. The van der Waals surface area contributed by atoms with Gasteiger partial charge in [0.2, 0.25) is 0 Å². The van der Waals surface area contributed by atoms with Crippen LogP contribution in [0.3, 0.4) is 0 Å². The van der Waals surface area contributed by atoms with Gasteiger partial charge in [0, 0.05) is 29.1 Å². The first-order valence-electron chi connectivity index (χ1n) is 9.08. The molecule has 0 saturated heterocycles. The van der Waals surface area contributed by atoms with Crippen molar-refractivity contribution in [3.8, 4) is 0 Å². The number of carbonyl (C=O) groups is 2. The lowest BCUT2D eigenvalue weighted by Crippen LogP contribution is -2.56. The molecule has 1 aliphatic rings. The Bertz CT molecular complexity index is 693. The number of urea groups is 1. The predicted octanol–water partition coefficient (Wildman–Crippen LogP) is 2.99. The molecule has 2 rings (SSSR count). The highest BCUT2D eigenvalue weighted by molar-refractivity contribution is 6.31. The first-order chi connectivity index (χ1) is 12.6. The Labute approximate surface area is 164 Å². The average Bonchev–Trinajstić information content (AvgIpc) is 2.53. The molecule has 150 valence electrons. The maximum atomic E-state index is 13.2. The number of halogens is 2. The van der Waals surface area contributed by atoms with Crippen LogP contribution in [0.1, 0.15) is 39.2 Å². The summed E-state index contributed by atoms with van der Waals surface area (Å²) in [6.07, 6.45) is 1.48. The van der Waals surface area contributed by atoms with Crippen LogP contribution in [0.5, 0.6) is 0 Å². The molecule has 1 fully saturated rings. The van der Waals surface area contributed by atoms with Crippen LogP contribution in [0.2, 0.25) is 5.02 Å². The van der Waals surface area contributed by atoms with Gasteiger partial charge in [0.1, 0.15) is 5.82 Å². The van der Waals surface area contributed by atoms with Gasteiger partial charge >= 0.3 is 12.0 Å². The van der Waals surface area contributed by atoms with E-state index in [2.05, 4.69) is 10.6 Å². The van der Waals surface area contributed by atoms with Gasteiger partial charge in [-0.15, -0.1) is 0 Å². The molecule has 1 aromatic carbocycles. The topological polar surface area (TPSA) is 81.7 Å². The zero-order valence-electron chi connectivity index (χ0n) is 15.9. The van der Waals surface area contributed by atoms with Gasteiger partial charge < -0.3 is 15.7 Å². The van der Waals surface area contributed by atoms with Crippen molar-refractivity contribution in [2.24, 2.45) is 0 Å². The summed E-state index contributed by atoms with van der Waals surface area (Å²) in [5.74, 6) is -1.23. The quantitative estimate of drug-likeness (QED) is 0.627. The summed E-state index contributed by atoms with van der Waals surface area (Å²) in [7, 11) is 0.